The van der Waals surface area contributed by atoms with Gasteiger partial charge in [0.2, 0.25) is 46.9 Å². The van der Waals surface area contributed by atoms with Crippen LogP contribution in [0.5, 0.6) is 58.4 Å². The van der Waals surface area contributed by atoms with Gasteiger partial charge in [0.05, 0.1) is 116 Å². The number of nitrogens with zero attached hydrogens (tertiary/aromatic N) is 10. The molecule has 36 heteroatoms. The SMILES string of the molecule is COC(=O)c1ccc(C)o1.COC(=O)c1ccc(Oc2cc([Si](C)(C)C)cnc2C)o1.COc1nc(NCCCN2CCOCC2)nc(OC)c1N.COc1nc(NCCCN2CCOCC2)nc(OC)c1NC(=O)c1ccc(Oc2cc([Si](C)(C)C)cnc2C)o1.Cc1ncc(Br)cc1O.Cc1ncc([Si](C)(C)C)cc1O. The minimum absolute atomic E-state index is 0.0383. The molecule has 11 heterocycles. The van der Waals surface area contributed by atoms with E-state index in [1.54, 1.807) is 50.4 Å². The number of aryl methyl sites for hydroxylation is 5. The summed E-state index contributed by atoms with van der Waals surface area (Å²) in [6.07, 6.45) is 9.23. The van der Waals surface area contributed by atoms with Crippen molar-refractivity contribution in [1.82, 2.24) is 49.7 Å². The van der Waals surface area contributed by atoms with Gasteiger partial charge in [-0.15, -0.1) is 0 Å². The summed E-state index contributed by atoms with van der Waals surface area (Å²) >= 11 is 3.17. The molecule has 9 aromatic rings. The molecule has 2 fully saturated rings. The van der Waals surface area contributed by atoms with Gasteiger partial charge in [-0.3, -0.25) is 34.5 Å². The number of morpholine rings is 2. The average Bonchev–Trinajstić information content (AvgIpc) is 1.59. The first-order valence-electron chi connectivity index (χ1n) is 36.4. The molecular formula is C77H109BrN14O18Si3. The smallest absolute Gasteiger partial charge is 0.374 e. The van der Waals surface area contributed by atoms with E-state index in [9.17, 15) is 19.5 Å². The highest BCUT2D eigenvalue weighted by Crippen LogP contribution is 2.35. The van der Waals surface area contributed by atoms with Crippen LogP contribution in [-0.4, -0.2) is 223 Å². The van der Waals surface area contributed by atoms with Crippen LogP contribution in [0, 0.1) is 34.6 Å². The maximum atomic E-state index is 13.1. The van der Waals surface area contributed by atoms with E-state index in [-0.39, 0.29) is 52.4 Å². The number of nitrogens with one attached hydrogen (secondary N) is 3. The molecule has 0 bridgehead atoms. The molecule has 0 aliphatic carbocycles. The lowest BCUT2D eigenvalue weighted by Gasteiger charge is -2.26. The summed E-state index contributed by atoms with van der Waals surface area (Å²) in [5, 5.41) is 31.1. The molecule has 9 aromatic heterocycles. The van der Waals surface area contributed by atoms with Crippen LogP contribution in [0.1, 0.15) is 73.0 Å². The van der Waals surface area contributed by atoms with Crippen LogP contribution in [0.25, 0.3) is 0 Å². The van der Waals surface area contributed by atoms with Crippen LogP contribution in [0.3, 0.4) is 0 Å². The number of aromatic hydroxyl groups is 2. The second kappa shape index (κ2) is 44.3. The van der Waals surface area contributed by atoms with E-state index in [0.717, 1.165) is 106 Å². The van der Waals surface area contributed by atoms with Gasteiger partial charge in [-0.25, -0.2) is 9.59 Å². The Bertz CT molecular complexity index is 4470. The Labute approximate surface area is 671 Å². The molecular weight excluding hydrogens is 1570 g/mol. The van der Waals surface area contributed by atoms with Crippen LogP contribution < -0.4 is 65.7 Å². The second-order valence-corrected chi connectivity index (χ2v) is 44.8. The molecule has 0 unspecified atom stereocenters. The molecule has 7 N–H and O–H groups in total. The number of hydrogen-bond acceptors (Lipinski definition) is 31. The lowest BCUT2D eigenvalue weighted by molar-refractivity contribution is 0.0378. The van der Waals surface area contributed by atoms with Crippen molar-refractivity contribution in [3.05, 3.63) is 136 Å². The first-order chi connectivity index (χ1) is 53.6. The van der Waals surface area contributed by atoms with Crippen molar-refractivity contribution in [2.75, 3.05) is 143 Å². The van der Waals surface area contributed by atoms with Gasteiger partial charge in [-0.2, -0.15) is 19.9 Å². The Hall–Kier alpha value is -10.2. The molecule has 0 saturated carbocycles. The number of aromatic nitrogens is 8. The van der Waals surface area contributed by atoms with Crippen LogP contribution in [0.15, 0.2) is 103 Å². The van der Waals surface area contributed by atoms with E-state index in [1.165, 1.54) is 65.2 Å². The molecule has 2 aliphatic heterocycles. The summed E-state index contributed by atoms with van der Waals surface area (Å²) in [5.41, 5.74) is 9.15. The van der Waals surface area contributed by atoms with E-state index in [0.29, 0.717) is 70.3 Å². The normalized spacial score (nSPS) is 12.8. The number of nitrogens with two attached hydrogens (primary N) is 1. The molecule has 2 saturated heterocycles. The van der Waals surface area contributed by atoms with E-state index < -0.39 is 42.1 Å². The number of pyridine rings is 4. The summed E-state index contributed by atoms with van der Waals surface area (Å²) in [5.74, 6) is 3.54. The number of nitrogen functional groups attached to an aromatic ring is 1. The summed E-state index contributed by atoms with van der Waals surface area (Å²) in [7, 11) is 4.21. The zero-order valence-electron chi connectivity index (χ0n) is 68.3. The van der Waals surface area contributed by atoms with Crippen molar-refractivity contribution in [1.29, 1.82) is 0 Å². The van der Waals surface area contributed by atoms with E-state index >= 15 is 0 Å². The number of furan rings is 3. The van der Waals surface area contributed by atoms with Crippen molar-refractivity contribution in [3.63, 3.8) is 0 Å². The molecule has 0 radical (unpaired) electrons. The minimum Gasteiger partial charge on any atom is -0.506 e. The monoisotopic (exact) mass is 1680 g/mol. The number of amides is 1. The van der Waals surface area contributed by atoms with Crippen LogP contribution >= 0.6 is 15.9 Å². The molecule has 0 spiro atoms. The number of carbonyl (C=O) groups is 3. The third-order valence-electron chi connectivity index (χ3n) is 16.9. The van der Waals surface area contributed by atoms with Crippen LogP contribution in [0.4, 0.5) is 23.3 Å². The largest absolute Gasteiger partial charge is 0.506 e. The first kappa shape index (κ1) is 91.7. The highest BCUT2D eigenvalue weighted by molar-refractivity contribution is 9.10. The highest BCUT2D eigenvalue weighted by Gasteiger charge is 2.26. The van der Waals surface area contributed by atoms with Gasteiger partial charge in [-0.05, 0) is 141 Å². The fourth-order valence-electron chi connectivity index (χ4n) is 9.98. The predicted octanol–water partition coefficient (Wildman–Crippen LogP) is 11.7. The van der Waals surface area contributed by atoms with Gasteiger partial charge in [-0.1, -0.05) is 58.9 Å². The minimum atomic E-state index is -1.58. The Kier molecular flexibility index (Phi) is 35.9. The van der Waals surface area contributed by atoms with Crippen LogP contribution in [-0.2, 0) is 18.9 Å². The summed E-state index contributed by atoms with van der Waals surface area (Å²) in [4.78, 5) is 73.9. The molecule has 614 valence electrons. The quantitative estimate of drug-likeness (QED) is 0.0176. The van der Waals surface area contributed by atoms with Gasteiger partial charge in [0, 0.05) is 80.7 Å². The molecule has 1 amide bonds. The third kappa shape index (κ3) is 29.7. The van der Waals surface area contributed by atoms with E-state index in [4.69, 9.17) is 62.0 Å². The van der Waals surface area contributed by atoms with Gasteiger partial charge in [0.15, 0.2) is 28.6 Å². The topological polar surface area (TPSA) is 395 Å². The van der Waals surface area contributed by atoms with Gasteiger partial charge < -0.3 is 92.5 Å². The Morgan fingerprint density at radius 2 is 0.867 bits per heavy atom. The summed E-state index contributed by atoms with van der Waals surface area (Å²) < 4.78 is 69.2. The van der Waals surface area contributed by atoms with Crippen molar-refractivity contribution < 1.29 is 85.2 Å². The molecule has 0 aromatic carbocycles. The Balaban J connectivity index is 0.000000231. The maximum Gasteiger partial charge on any atom is 0.374 e. The number of hydrogen-bond donors (Lipinski definition) is 6. The number of carbonyl (C=O) groups excluding carboxylic acids is 3. The number of rotatable bonds is 25. The fourth-order valence-corrected chi connectivity index (χ4v) is 13.4. The van der Waals surface area contributed by atoms with Gasteiger partial charge in [0.25, 0.3) is 17.8 Å². The zero-order chi connectivity index (χ0) is 83.2. The molecule has 113 heavy (non-hydrogen) atoms. The van der Waals surface area contributed by atoms with Gasteiger partial charge >= 0.3 is 11.9 Å². The number of anilines is 4. The second-order valence-electron chi connectivity index (χ2n) is 28.6. The average molecular weight is 1680 g/mol. The van der Waals surface area contributed by atoms with E-state index in [2.05, 4.69) is 150 Å². The van der Waals surface area contributed by atoms with Crippen molar-refractivity contribution in [2.24, 2.45) is 0 Å². The summed E-state index contributed by atoms with van der Waals surface area (Å²) in [6, 6.07) is 17.0. The van der Waals surface area contributed by atoms with Crippen molar-refractivity contribution >= 4 is 96.8 Å². The van der Waals surface area contributed by atoms with E-state index in [1.807, 2.05) is 57.6 Å². The summed E-state index contributed by atoms with van der Waals surface area (Å²) in [6.45, 7) is 39.7. The number of esters is 2. The fraction of sp³-hybridized carbons (Fsp3) is 0.442. The lowest BCUT2D eigenvalue weighted by atomic mass is 10.3. The number of methoxy groups -OCH3 is 6. The zero-order valence-corrected chi connectivity index (χ0v) is 72.9. The first-order valence-corrected chi connectivity index (χ1v) is 47.7. The van der Waals surface area contributed by atoms with Crippen molar-refractivity contribution in [2.45, 2.75) is 106 Å². The number of ether oxygens (including phenoxy) is 10. The third-order valence-corrected chi connectivity index (χ3v) is 23.3. The maximum absolute atomic E-state index is 13.1. The van der Waals surface area contributed by atoms with Crippen molar-refractivity contribution in [3.8, 4) is 58.4 Å². The Morgan fingerprint density at radius 1 is 0.496 bits per heavy atom. The number of halogens is 1. The standard InChI is InChI=1S/C27H38N6O6Si.C15H19NO4Si.C13H23N5O3.C9H15NOSi.C7H8O3.C6H6BrNO/c1-18-21(16-19(17-29-18)40(4,5)6)39-22-9-8-20(38-22)24(34)30-23-25(35-2)31-27(32-26(23)36-3)28-10-7-11-33-12-14-37-15-13-33;1-10-13(8-11(9-16-10)21(3,4)5)20-14-7-6-12(19-14)15(17)18-2;1-19-11-10(14)12(20-2)17-13(16-11)15-4-3-5-18-6-8-21-9-7-18;1-7-9(11)5-8(6-10-7)12(2,3)4;1-5-3-4-6(10-5)7(8)9-2;1-4-6(9)2-5(7)3-8-4/h8-9,16-17H,7,10-15H2,1-6H3,(H,30,34)(H,28,31,32);6-9H,1-5H3;3-9,14H2,1-2H3,(H,15,16,17);5-6,11H,1-4H3;3-4H,1-2H3;2-3,9H,1H3. The predicted molar refractivity (Wildman–Crippen MR) is 443 cm³/mol. The molecule has 0 atom stereocenters. The van der Waals surface area contributed by atoms with Gasteiger partial charge in [0.1, 0.15) is 17.3 Å². The molecule has 11 rings (SSSR count). The molecule has 2 aliphatic rings. The highest BCUT2D eigenvalue weighted by atomic mass is 79.9. The van der Waals surface area contributed by atoms with Crippen LogP contribution in [0.2, 0.25) is 58.9 Å². The molecule has 32 nitrogen and oxygen atoms in total. The Morgan fingerprint density at radius 3 is 1.25 bits per heavy atom. The lowest BCUT2D eigenvalue weighted by Crippen LogP contribution is -2.37.